The molecule has 10 heteroatoms. The van der Waals surface area contributed by atoms with E-state index in [1.54, 1.807) is 24.3 Å². The molecule has 1 heterocycles. The van der Waals surface area contributed by atoms with Gasteiger partial charge in [0, 0.05) is 24.8 Å². The van der Waals surface area contributed by atoms with Crippen LogP contribution in [0.5, 0.6) is 0 Å². The first-order valence-corrected chi connectivity index (χ1v) is 14.6. The lowest BCUT2D eigenvalue weighted by Gasteiger charge is -2.28. The van der Waals surface area contributed by atoms with Crippen molar-refractivity contribution in [2.75, 3.05) is 25.0 Å². The van der Waals surface area contributed by atoms with Crippen LogP contribution in [0.25, 0.3) is 0 Å². The number of hydrogen-bond acceptors (Lipinski definition) is 5. The van der Waals surface area contributed by atoms with Gasteiger partial charge in [0.15, 0.2) is 0 Å². The number of amides is 1. The van der Waals surface area contributed by atoms with Gasteiger partial charge < -0.3 is 5.32 Å². The van der Waals surface area contributed by atoms with Gasteiger partial charge in [0.2, 0.25) is 26.0 Å². The Hall–Kier alpha value is -2.27. The number of sulfonamides is 2. The van der Waals surface area contributed by atoms with Crippen molar-refractivity contribution in [3.8, 4) is 0 Å². The predicted octanol–water partition coefficient (Wildman–Crippen LogP) is 3.43. The molecule has 2 aromatic carbocycles. The zero-order valence-corrected chi connectivity index (χ0v) is 20.7. The van der Waals surface area contributed by atoms with Crippen LogP contribution in [0.4, 0.5) is 5.69 Å². The van der Waals surface area contributed by atoms with Crippen molar-refractivity contribution in [2.24, 2.45) is 0 Å². The third kappa shape index (κ3) is 5.51. The summed E-state index contributed by atoms with van der Waals surface area (Å²) in [5, 5.41) is 2.75. The summed E-state index contributed by atoms with van der Waals surface area (Å²) in [6.07, 6.45) is 5.87. The van der Waals surface area contributed by atoms with Gasteiger partial charge in [-0.15, -0.1) is 0 Å². The highest BCUT2D eigenvalue weighted by atomic mass is 32.2. The second-order valence-corrected chi connectivity index (χ2v) is 12.7. The van der Waals surface area contributed by atoms with E-state index in [2.05, 4.69) is 5.32 Å². The molecule has 8 nitrogen and oxygen atoms in total. The number of benzene rings is 2. The van der Waals surface area contributed by atoms with E-state index in [-0.39, 0.29) is 22.4 Å². The van der Waals surface area contributed by atoms with E-state index in [1.807, 2.05) is 6.07 Å². The molecule has 0 bridgehead atoms. The second-order valence-electron chi connectivity index (χ2n) is 8.84. The van der Waals surface area contributed by atoms with Gasteiger partial charge >= 0.3 is 0 Å². The Morgan fingerprint density at radius 2 is 1.41 bits per heavy atom. The molecule has 0 spiro atoms. The summed E-state index contributed by atoms with van der Waals surface area (Å²) in [5.41, 5.74) is 0.601. The highest BCUT2D eigenvalue weighted by Gasteiger charge is 2.35. The topological polar surface area (TPSA) is 104 Å². The molecule has 2 fully saturated rings. The van der Waals surface area contributed by atoms with Crippen LogP contribution < -0.4 is 5.32 Å². The Kier molecular flexibility index (Phi) is 7.71. The first-order valence-electron chi connectivity index (χ1n) is 11.8. The normalized spacial score (nSPS) is 18.3. The second kappa shape index (κ2) is 10.6. The van der Waals surface area contributed by atoms with Crippen LogP contribution in [0.15, 0.2) is 64.4 Å². The van der Waals surface area contributed by atoms with Gasteiger partial charge in [0.25, 0.3) is 0 Å². The van der Waals surface area contributed by atoms with Crippen LogP contribution in [-0.2, 0) is 24.8 Å². The molecule has 0 aromatic heterocycles. The molecule has 1 N–H and O–H groups in total. The van der Waals surface area contributed by atoms with Gasteiger partial charge in [0.1, 0.15) is 0 Å². The minimum Gasteiger partial charge on any atom is -0.325 e. The first kappa shape index (κ1) is 24.8. The molecule has 0 atom stereocenters. The Morgan fingerprint density at radius 1 is 0.824 bits per heavy atom. The maximum Gasteiger partial charge on any atom is 0.243 e. The zero-order valence-electron chi connectivity index (χ0n) is 19.1. The quantitative estimate of drug-likeness (QED) is 0.592. The molecule has 2 aromatic rings. The summed E-state index contributed by atoms with van der Waals surface area (Å²) in [4.78, 5) is 12.8. The maximum absolute atomic E-state index is 13.6. The van der Waals surface area contributed by atoms with E-state index in [4.69, 9.17) is 0 Å². The van der Waals surface area contributed by atoms with E-state index in [0.29, 0.717) is 31.6 Å². The van der Waals surface area contributed by atoms with E-state index >= 15 is 0 Å². The zero-order chi connectivity index (χ0) is 24.2. The first-order chi connectivity index (χ1) is 16.3. The number of nitrogens with one attached hydrogen (secondary N) is 1. The van der Waals surface area contributed by atoms with Crippen molar-refractivity contribution < 1.29 is 21.6 Å². The summed E-state index contributed by atoms with van der Waals surface area (Å²) >= 11 is 0. The summed E-state index contributed by atoms with van der Waals surface area (Å²) in [5.74, 6) is -0.411. The minimum atomic E-state index is -3.99. The van der Waals surface area contributed by atoms with Crippen LogP contribution in [-0.4, -0.2) is 57.0 Å². The molecule has 0 radical (unpaired) electrons. The minimum absolute atomic E-state index is 0.00972. The molecule has 184 valence electrons. The summed E-state index contributed by atoms with van der Waals surface area (Å²) in [7, 11) is -7.65. The Bertz CT molecular complexity index is 1190. The number of carbonyl (C=O) groups excluding carboxylic acids is 1. The van der Waals surface area contributed by atoms with Crippen LogP contribution in [0.2, 0.25) is 0 Å². The molecule has 1 saturated carbocycles. The highest BCUT2D eigenvalue weighted by molar-refractivity contribution is 7.89. The molecule has 34 heavy (non-hydrogen) atoms. The number of carbonyl (C=O) groups is 1. The lowest BCUT2D eigenvalue weighted by molar-refractivity contribution is -0.116. The van der Waals surface area contributed by atoms with Crippen molar-refractivity contribution >= 4 is 31.6 Å². The standard InChI is InChI=1S/C24H31N3O5S2/c28-24(25-20-9-3-1-4-10-20)19-27(21-11-5-6-12-21)34(31,32)23-15-13-22(14-16-23)33(29,30)26-17-7-2-8-18-26/h1,3-4,9-10,13-16,21H,2,5-8,11-12,17-19H2,(H,25,28). The van der Waals surface area contributed by atoms with E-state index in [1.165, 1.54) is 32.9 Å². The molecule has 4 rings (SSSR count). The third-order valence-corrected chi connectivity index (χ3v) is 10.3. The third-order valence-electron chi connectivity index (χ3n) is 6.47. The van der Waals surface area contributed by atoms with E-state index < -0.39 is 26.0 Å². The van der Waals surface area contributed by atoms with Crippen LogP contribution in [0, 0.1) is 0 Å². The smallest absolute Gasteiger partial charge is 0.243 e. The summed E-state index contributed by atoms with van der Waals surface area (Å²) in [6.45, 7) is 0.665. The van der Waals surface area contributed by atoms with Crippen molar-refractivity contribution in [2.45, 2.75) is 60.8 Å². The largest absolute Gasteiger partial charge is 0.325 e. The van der Waals surface area contributed by atoms with Gasteiger partial charge in [-0.25, -0.2) is 16.8 Å². The van der Waals surface area contributed by atoms with Gasteiger partial charge in [-0.05, 0) is 62.1 Å². The average Bonchev–Trinajstić information content (AvgIpc) is 3.38. The van der Waals surface area contributed by atoms with E-state index in [9.17, 15) is 21.6 Å². The highest BCUT2D eigenvalue weighted by Crippen LogP contribution is 2.30. The van der Waals surface area contributed by atoms with Gasteiger partial charge in [-0.2, -0.15) is 8.61 Å². The lowest BCUT2D eigenvalue weighted by Crippen LogP contribution is -2.43. The fraction of sp³-hybridized carbons (Fsp3) is 0.458. The fourth-order valence-electron chi connectivity index (χ4n) is 4.64. The number of hydrogen-bond donors (Lipinski definition) is 1. The van der Waals surface area contributed by atoms with Crippen molar-refractivity contribution in [3.05, 3.63) is 54.6 Å². The molecule has 1 saturated heterocycles. The average molecular weight is 506 g/mol. The molecule has 1 amide bonds. The van der Waals surface area contributed by atoms with Crippen LogP contribution in [0.1, 0.15) is 44.9 Å². The maximum atomic E-state index is 13.6. The predicted molar refractivity (Wildman–Crippen MR) is 130 cm³/mol. The lowest BCUT2D eigenvalue weighted by atomic mass is 10.2. The number of para-hydroxylation sites is 1. The fourth-order valence-corrected chi connectivity index (χ4v) is 7.80. The Balaban J connectivity index is 1.55. The monoisotopic (exact) mass is 505 g/mol. The van der Waals surface area contributed by atoms with Gasteiger partial charge in [-0.1, -0.05) is 37.5 Å². The SMILES string of the molecule is O=C(CN(C1CCCC1)S(=O)(=O)c1ccc(S(=O)(=O)N2CCCCC2)cc1)Nc1ccccc1. The summed E-state index contributed by atoms with van der Waals surface area (Å²) < 4.78 is 55.7. The van der Waals surface area contributed by atoms with Crippen LogP contribution >= 0.6 is 0 Å². The Labute approximate surface area is 202 Å². The number of piperidine rings is 1. The number of anilines is 1. The van der Waals surface area contributed by atoms with Crippen molar-refractivity contribution in [1.29, 1.82) is 0 Å². The molecule has 1 aliphatic heterocycles. The number of nitrogens with zero attached hydrogens (tertiary/aromatic N) is 2. The molecule has 0 unspecified atom stereocenters. The van der Waals surface area contributed by atoms with Crippen molar-refractivity contribution in [1.82, 2.24) is 8.61 Å². The van der Waals surface area contributed by atoms with Crippen molar-refractivity contribution in [3.63, 3.8) is 0 Å². The molecule has 2 aliphatic rings. The van der Waals surface area contributed by atoms with Crippen LogP contribution in [0.3, 0.4) is 0 Å². The molecular formula is C24H31N3O5S2. The number of rotatable bonds is 8. The van der Waals surface area contributed by atoms with Gasteiger partial charge in [0.05, 0.1) is 16.3 Å². The van der Waals surface area contributed by atoms with E-state index in [0.717, 1.165) is 32.1 Å². The van der Waals surface area contributed by atoms with Gasteiger partial charge in [-0.3, -0.25) is 4.79 Å². The Morgan fingerprint density at radius 3 is 2.03 bits per heavy atom. The molecular weight excluding hydrogens is 474 g/mol. The summed E-state index contributed by atoms with van der Waals surface area (Å²) in [6, 6.07) is 14.0. The molecule has 1 aliphatic carbocycles.